The average molecular weight is 489 g/mol. The van der Waals surface area contributed by atoms with Gasteiger partial charge in [-0.15, -0.1) is 11.8 Å². The van der Waals surface area contributed by atoms with E-state index in [9.17, 15) is 9.59 Å². The predicted molar refractivity (Wildman–Crippen MR) is 145 cm³/mol. The monoisotopic (exact) mass is 488 g/mol. The summed E-state index contributed by atoms with van der Waals surface area (Å²) in [7, 11) is 0. The van der Waals surface area contributed by atoms with Crippen LogP contribution in [-0.4, -0.2) is 34.6 Å². The van der Waals surface area contributed by atoms with Gasteiger partial charge in [-0.1, -0.05) is 85.3 Å². The van der Waals surface area contributed by atoms with Gasteiger partial charge < -0.3 is 10.2 Å². The number of benzene rings is 3. The van der Waals surface area contributed by atoms with E-state index in [-0.39, 0.29) is 17.9 Å². The van der Waals surface area contributed by atoms with Gasteiger partial charge in [0.05, 0.1) is 0 Å². The Bertz CT molecular complexity index is 1050. The molecule has 0 aliphatic rings. The van der Waals surface area contributed by atoms with Gasteiger partial charge in [0.25, 0.3) is 0 Å². The molecule has 0 radical (unpaired) electrons. The highest BCUT2D eigenvalue weighted by Gasteiger charge is 2.30. The summed E-state index contributed by atoms with van der Waals surface area (Å²) in [6.45, 7) is 6.52. The van der Waals surface area contributed by atoms with Crippen molar-refractivity contribution in [2.24, 2.45) is 0 Å². The molecule has 0 unspecified atom stereocenters. The first-order valence-electron chi connectivity index (χ1n) is 12.3. The quantitative estimate of drug-likeness (QED) is 0.317. The van der Waals surface area contributed by atoms with Gasteiger partial charge in [-0.25, -0.2) is 0 Å². The second-order valence-corrected chi connectivity index (χ2v) is 10.1. The summed E-state index contributed by atoms with van der Waals surface area (Å²) in [5.41, 5.74) is 3.27. The van der Waals surface area contributed by atoms with E-state index in [0.717, 1.165) is 22.4 Å². The minimum absolute atomic E-state index is 0.00584. The average Bonchev–Trinajstić information content (AvgIpc) is 2.88. The Labute approximate surface area is 214 Å². The molecule has 3 rings (SSSR count). The lowest BCUT2D eigenvalue weighted by Crippen LogP contribution is -2.52. The number of amides is 2. The Balaban J connectivity index is 1.82. The lowest BCUT2D eigenvalue weighted by molar-refractivity contribution is -0.141. The first kappa shape index (κ1) is 26.6. The van der Waals surface area contributed by atoms with E-state index < -0.39 is 6.04 Å². The van der Waals surface area contributed by atoms with Gasteiger partial charge in [0, 0.05) is 36.1 Å². The van der Waals surface area contributed by atoms with Gasteiger partial charge in [-0.05, 0) is 43.5 Å². The lowest BCUT2D eigenvalue weighted by atomic mass is 10.0. The van der Waals surface area contributed by atoms with Crippen molar-refractivity contribution in [1.29, 1.82) is 0 Å². The van der Waals surface area contributed by atoms with E-state index in [1.807, 2.05) is 74.5 Å². The number of hydrogen-bond acceptors (Lipinski definition) is 3. The molecule has 1 N–H and O–H groups in total. The van der Waals surface area contributed by atoms with Gasteiger partial charge in [-0.2, -0.15) is 0 Å². The van der Waals surface area contributed by atoms with Crippen molar-refractivity contribution in [2.75, 3.05) is 5.75 Å². The van der Waals surface area contributed by atoms with Crippen LogP contribution < -0.4 is 5.32 Å². The summed E-state index contributed by atoms with van der Waals surface area (Å²) in [6.07, 6.45) is 1.68. The molecular formula is C30H36N2O2S. The van der Waals surface area contributed by atoms with Gasteiger partial charge in [0.2, 0.25) is 11.8 Å². The van der Waals surface area contributed by atoms with Crippen LogP contribution in [0.1, 0.15) is 43.4 Å². The summed E-state index contributed by atoms with van der Waals surface area (Å²) in [5.74, 6) is 0.561. The molecule has 2 amide bonds. The zero-order chi connectivity index (χ0) is 25.0. The third-order valence-corrected chi connectivity index (χ3v) is 7.09. The van der Waals surface area contributed by atoms with Crippen molar-refractivity contribution in [2.45, 2.75) is 63.6 Å². The van der Waals surface area contributed by atoms with Crippen LogP contribution in [0.2, 0.25) is 0 Å². The number of thioether (sulfide) groups is 1. The number of carbonyl (C=O) groups is 2. The molecule has 0 bridgehead atoms. The first-order valence-corrected chi connectivity index (χ1v) is 13.3. The molecule has 4 nitrogen and oxygen atoms in total. The second-order valence-electron chi connectivity index (χ2n) is 8.94. The number of hydrogen-bond donors (Lipinski definition) is 1. The van der Waals surface area contributed by atoms with Crippen LogP contribution in [0.25, 0.3) is 0 Å². The molecule has 3 aromatic rings. The highest BCUT2D eigenvalue weighted by atomic mass is 32.2. The molecule has 0 fully saturated rings. The summed E-state index contributed by atoms with van der Waals surface area (Å²) in [6, 6.07) is 27.7. The molecule has 0 heterocycles. The molecule has 2 atom stereocenters. The zero-order valence-corrected chi connectivity index (χ0v) is 21.8. The molecule has 0 aliphatic carbocycles. The van der Waals surface area contributed by atoms with Crippen LogP contribution in [0.3, 0.4) is 0 Å². The first-order chi connectivity index (χ1) is 17.0. The van der Waals surface area contributed by atoms with Crippen molar-refractivity contribution in [3.05, 3.63) is 102 Å². The van der Waals surface area contributed by atoms with Crippen molar-refractivity contribution in [3.63, 3.8) is 0 Å². The van der Waals surface area contributed by atoms with Gasteiger partial charge in [0.1, 0.15) is 6.04 Å². The van der Waals surface area contributed by atoms with Gasteiger partial charge >= 0.3 is 0 Å². The highest BCUT2D eigenvalue weighted by Crippen LogP contribution is 2.21. The normalized spacial score (nSPS) is 12.5. The Hall–Kier alpha value is -3.05. The maximum absolute atomic E-state index is 13.6. The highest BCUT2D eigenvalue weighted by molar-refractivity contribution is 7.99. The topological polar surface area (TPSA) is 49.4 Å². The van der Waals surface area contributed by atoms with Crippen LogP contribution in [-0.2, 0) is 22.6 Å². The summed E-state index contributed by atoms with van der Waals surface area (Å²) >= 11 is 1.67. The van der Waals surface area contributed by atoms with Gasteiger partial charge in [-0.3, -0.25) is 9.59 Å². The number of rotatable bonds is 12. The number of nitrogens with zero attached hydrogens (tertiary/aromatic N) is 1. The van der Waals surface area contributed by atoms with Crippen LogP contribution in [0, 0.1) is 6.92 Å². The van der Waals surface area contributed by atoms with Crippen molar-refractivity contribution in [1.82, 2.24) is 10.2 Å². The smallest absolute Gasteiger partial charge is 0.243 e. The van der Waals surface area contributed by atoms with Crippen LogP contribution in [0.4, 0.5) is 0 Å². The summed E-state index contributed by atoms with van der Waals surface area (Å²) in [5, 5.41) is 3.12. The molecule has 0 aliphatic heterocycles. The number of nitrogens with one attached hydrogen (secondary N) is 1. The molecule has 0 aromatic heterocycles. The SMILES string of the molecule is CC[C@@H](C)NC(=O)[C@H](Cc1ccccc1)N(Cc1ccccc1)C(=O)CCSc1ccc(C)cc1. The van der Waals surface area contributed by atoms with Crippen LogP contribution in [0.15, 0.2) is 89.8 Å². The minimum Gasteiger partial charge on any atom is -0.352 e. The van der Waals surface area contributed by atoms with Gasteiger partial charge in [0.15, 0.2) is 0 Å². The molecule has 35 heavy (non-hydrogen) atoms. The van der Waals surface area contributed by atoms with Crippen molar-refractivity contribution in [3.8, 4) is 0 Å². The fraction of sp³-hybridized carbons (Fsp3) is 0.333. The van der Waals surface area contributed by atoms with Crippen molar-refractivity contribution >= 4 is 23.6 Å². The third-order valence-electron chi connectivity index (χ3n) is 6.07. The molecule has 184 valence electrons. The molecular weight excluding hydrogens is 452 g/mol. The molecule has 5 heteroatoms. The Kier molecular flexibility index (Phi) is 10.4. The van der Waals surface area contributed by atoms with E-state index in [0.29, 0.717) is 25.1 Å². The maximum Gasteiger partial charge on any atom is 0.243 e. The molecule has 0 spiro atoms. The Morgan fingerprint density at radius 3 is 2.09 bits per heavy atom. The minimum atomic E-state index is -0.580. The van der Waals surface area contributed by atoms with E-state index >= 15 is 0 Å². The summed E-state index contributed by atoms with van der Waals surface area (Å²) in [4.78, 5) is 30.0. The fourth-order valence-electron chi connectivity index (χ4n) is 3.81. The van der Waals surface area contributed by atoms with E-state index in [1.165, 1.54) is 5.56 Å². The van der Waals surface area contributed by atoms with Crippen LogP contribution in [0.5, 0.6) is 0 Å². The largest absolute Gasteiger partial charge is 0.352 e. The number of carbonyl (C=O) groups excluding carboxylic acids is 2. The molecule has 0 saturated heterocycles. The Morgan fingerprint density at radius 2 is 1.49 bits per heavy atom. The van der Waals surface area contributed by atoms with E-state index in [4.69, 9.17) is 0 Å². The fourth-order valence-corrected chi connectivity index (χ4v) is 4.65. The van der Waals surface area contributed by atoms with Crippen LogP contribution >= 0.6 is 11.8 Å². The van der Waals surface area contributed by atoms with Crippen molar-refractivity contribution < 1.29 is 9.59 Å². The van der Waals surface area contributed by atoms with E-state index in [2.05, 4.69) is 36.5 Å². The summed E-state index contributed by atoms with van der Waals surface area (Å²) < 4.78 is 0. The standard InChI is InChI=1S/C30H36N2O2S/c1-4-24(3)31-30(34)28(21-25-11-7-5-8-12-25)32(22-26-13-9-6-10-14-26)29(33)19-20-35-27-17-15-23(2)16-18-27/h5-18,24,28H,4,19-22H2,1-3H3,(H,31,34)/t24-,28+/m1/s1. The maximum atomic E-state index is 13.6. The van der Waals surface area contributed by atoms with E-state index in [1.54, 1.807) is 16.7 Å². The third kappa shape index (κ3) is 8.59. The number of aryl methyl sites for hydroxylation is 1. The molecule has 0 saturated carbocycles. The zero-order valence-electron chi connectivity index (χ0n) is 20.9. The predicted octanol–water partition coefficient (Wildman–Crippen LogP) is 6.03. The lowest BCUT2D eigenvalue weighted by Gasteiger charge is -2.32. The Morgan fingerprint density at radius 1 is 0.886 bits per heavy atom. The molecule has 3 aromatic carbocycles. The second kappa shape index (κ2) is 13.7.